The van der Waals surface area contributed by atoms with Gasteiger partial charge in [-0.1, -0.05) is 6.42 Å². The first kappa shape index (κ1) is 16.5. The minimum Gasteiger partial charge on any atom is -0.383 e. The van der Waals surface area contributed by atoms with Gasteiger partial charge in [-0.15, -0.1) is 0 Å². The highest BCUT2D eigenvalue weighted by atomic mass is 79.9. The number of hydrogen-bond acceptors (Lipinski definition) is 4. The molecule has 21 heavy (non-hydrogen) atoms. The van der Waals surface area contributed by atoms with Gasteiger partial charge in [-0.3, -0.25) is 4.79 Å². The van der Waals surface area contributed by atoms with Crippen molar-refractivity contribution in [3.63, 3.8) is 0 Å². The number of halogens is 1. The van der Waals surface area contributed by atoms with E-state index in [2.05, 4.69) is 38.2 Å². The summed E-state index contributed by atoms with van der Waals surface area (Å²) in [6, 6.07) is 0.709. The monoisotopic (exact) mass is 356 g/mol. The molecule has 1 fully saturated rings. The van der Waals surface area contributed by atoms with Crippen LogP contribution in [0, 0.1) is 0 Å². The zero-order chi connectivity index (χ0) is 15.2. The highest BCUT2D eigenvalue weighted by Crippen LogP contribution is 2.18. The zero-order valence-corrected chi connectivity index (χ0v) is 14.5. The minimum atomic E-state index is -0.0767. The van der Waals surface area contributed by atoms with E-state index in [9.17, 15) is 4.79 Å². The van der Waals surface area contributed by atoms with Crippen molar-refractivity contribution in [3.05, 3.63) is 21.0 Å². The summed E-state index contributed by atoms with van der Waals surface area (Å²) in [5.74, 6) is 0. The SMILES string of the molecule is CCn1ncc(NCCCN2CCCCC2C)c(Br)c1=O. The highest BCUT2D eigenvalue weighted by Gasteiger charge is 2.17. The van der Waals surface area contributed by atoms with Gasteiger partial charge in [0.1, 0.15) is 4.47 Å². The van der Waals surface area contributed by atoms with Crippen LogP contribution < -0.4 is 10.9 Å². The fourth-order valence-corrected chi connectivity index (χ4v) is 3.26. The van der Waals surface area contributed by atoms with E-state index in [1.54, 1.807) is 6.20 Å². The number of rotatable bonds is 6. The molecule has 0 bridgehead atoms. The van der Waals surface area contributed by atoms with Crippen molar-refractivity contribution < 1.29 is 0 Å². The van der Waals surface area contributed by atoms with Crippen LogP contribution in [0.25, 0.3) is 0 Å². The molecule has 1 N–H and O–H groups in total. The number of hydrogen-bond donors (Lipinski definition) is 1. The highest BCUT2D eigenvalue weighted by molar-refractivity contribution is 9.10. The maximum Gasteiger partial charge on any atom is 0.283 e. The molecule has 2 rings (SSSR count). The average Bonchev–Trinajstić information content (AvgIpc) is 2.49. The molecule has 1 atom stereocenters. The van der Waals surface area contributed by atoms with Crippen LogP contribution >= 0.6 is 15.9 Å². The lowest BCUT2D eigenvalue weighted by molar-refractivity contribution is 0.160. The fourth-order valence-electron chi connectivity index (χ4n) is 2.81. The van der Waals surface area contributed by atoms with Gasteiger partial charge < -0.3 is 10.2 Å². The third-order valence-electron chi connectivity index (χ3n) is 4.16. The van der Waals surface area contributed by atoms with Crippen molar-refractivity contribution in [2.24, 2.45) is 0 Å². The van der Waals surface area contributed by atoms with E-state index in [0.29, 0.717) is 17.1 Å². The molecule has 5 nitrogen and oxygen atoms in total. The Morgan fingerprint density at radius 3 is 3.00 bits per heavy atom. The normalized spacial score (nSPS) is 19.7. The molecule has 6 heteroatoms. The Bertz CT molecular complexity index is 517. The Morgan fingerprint density at radius 2 is 2.29 bits per heavy atom. The predicted octanol–water partition coefficient (Wildman–Crippen LogP) is 2.70. The summed E-state index contributed by atoms with van der Waals surface area (Å²) in [7, 11) is 0. The molecule has 0 aromatic carbocycles. The largest absolute Gasteiger partial charge is 0.383 e. The summed E-state index contributed by atoms with van der Waals surface area (Å²) >= 11 is 3.36. The van der Waals surface area contributed by atoms with Crippen LogP contribution in [0.15, 0.2) is 15.5 Å². The fraction of sp³-hybridized carbons (Fsp3) is 0.733. The number of anilines is 1. The molecule has 0 spiro atoms. The van der Waals surface area contributed by atoms with Crippen LogP contribution in [0.2, 0.25) is 0 Å². The number of nitrogens with one attached hydrogen (secondary N) is 1. The lowest BCUT2D eigenvalue weighted by Crippen LogP contribution is -2.38. The maximum atomic E-state index is 11.9. The molecule has 1 aromatic rings. The van der Waals surface area contributed by atoms with Crippen LogP contribution in [-0.2, 0) is 6.54 Å². The predicted molar refractivity (Wildman–Crippen MR) is 89.9 cm³/mol. The molecule has 0 amide bonds. The van der Waals surface area contributed by atoms with E-state index in [1.807, 2.05) is 6.92 Å². The third-order valence-corrected chi connectivity index (χ3v) is 4.93. The smallest absolute Gasteiger partial charge is 0.283 e. The van der Waals surface area contributed by atoms with Gasteiger partial charge in [0.15, 0.2) is 0 Å². The van der Waals surface area contributed by atoms with Crippen molar-refractivity contribution in [2.45, 2.75) is 52.1 Å². The van der Waals surface area contributed by atoms with Gasteiger partial charge in [-0.05, 0) is 55.6 Å². The molecule has 0 radical (unpaired) electrons. The third kappa shape index (κ3) is 4.30. The summed E-state index contributed by atoms with van der Waals surface area (Å²) in [6.45, 7) is 8.01. The summed E-state index contributed by atoms with van der Waals surface area (Å²) < 4.78 is 2.02. The second-order valence-electron chi connectivity index (χ2n) is 5.65. The van der Waals surface area contributed by atoms with Crippen LogP contribution in [0.5, 0.6) is 0 Å². The van der Waals surface area contributed by atoms with Gasteiger partial charge in [0.05, 0.1) is 11.9 Å². The molecule has 1 aliphatic rings. The van der Waals surface area contributed by atoms with Crippen molar-refractivity contribution in [2.75, 3.05) is 25.0 Å². The molecule has 0 saturated carbocycles. The standard InChI is InChI=1S/C15H25BrN4O/c1-3-20-15(21)14(16)13(11-18-20)17-8-6-10-19-9-5-4-7-12(19)2/h11-12,17H,3-10H2,1-2H3. The molecule has 2 heterocycles. The first-order chi connectivity index (χ1) is 10.1. The summed E-state index contributed by atoms with van der Waals surface area (Å²) in [5.41, 5.74) is 0.712. The minimum absolute atomic E-state index is 0.0767. The molecule has 1 aromatic heterocycles. The molecule has 1 aliphatic heterocycles. The van der Waals surface area contributed by atoms with Crippen molar-refractivity contribution in [1.82, 2.24) is 14.7 Å². The summed E-state index contributed by atoms with van der Waals surface area (Å²) in [6.07, 6.45) is 6.80. The first-order valence-corrected chi connectivity index (χ1v) is 8.66. The van der Waals surface area contributed by atoms with E-state index >= 15 is 0 Å². The number of aryl methyl sites for hydroxylation is 1. The molecular formula is C15H25BrN4O. The van der Waals surface area contributed by atoms with E-state index in [-0.39, 0.29) is 5.56 Å². The number of piperidine rings is 1. The van der Waals surface area contributed by atoms with Crippen molar-refractivity contribution in [3.8, 4) is 0 Å². The maximum absolute atomic E-state index is 11.9. The van der Waals surface area contributed by atoms with Crippen LogP contribution in [-0.4, -0.2) is 40.4 Å². The van der Waals surface area contributed by atoms with Crippen LogP contribution in [0.4, 0.5) is 5.69 Å². The van der Waals surface area contributed by atoms with E-state index in [4.69, 9.17) is 0 Å². The Morgan fingerprint density at radius 1 is 1.48 bits per heavy atom. The Kier molecular flexibility index (Phi) is 6.23. The second kappa shape index (κ2) is 7.94. The van der Waals surface area contributed by atoms with Gasteiger partial charge in [0.2, 0.25) is 0 Å². The number of nitrogens with zero attached hydrogens (tertiary/aromatic N) is 3. The van der Waals surface area contributed by atoms with Crippen molar-refractivity contribution in [1.29, 1.82) is 0 Å². The van der Waals surface area contributed by atoms with Crippen molar-refractivity contribution >= 4 is 21.6 Å². The van der Waals surface area contributed by atoms with Gasteiger partial charge in [0.25, 0.3) is 5.56 Å². The first-order valence-electron chi connectivity index (χ1n) is 7.87. The Labute approximate surface area is 134 Å². The second-order valence-corrected chi connectivity index (χ2v) is 6.45. The lowest BCUT2D eigenvalue weighted by Gasteiger charge is -2.33. The Balaban J connectivity index is 1.81. The number of aromatic nitrogens is 2. The van der Waals surface area contributed by atoms with Gasteiger partial charge in [0, 0.05) is 25.7 Å². The van der Waals surface area contributed by atoms with Crippen LogP contribution in [0.3, 0.4) is 0 Å². The van der Waals surface area contributed by atoms with Crippen LogP contribution in [0.1, 0.15) is 39.5 Å². The molecule has 118 valence electrons. The molecule has 1 unspecified atom stereocenters. The average molecular weight is 357 g/mol. The summed E-state index contributed by atoms with van der Waals surface area (Å²) in [4.78, 5) is 14.5. The molecule has 0 aliphatic carbocycles. The Hall–Kier alpha value is -0.880. The lowest BCUT2D eigenvalue weighted by atomic mass is 10.0. The quantitative estimate of drug-likeness (QED) is 0.796. The van der Waals surface area contributed by atoms with Gasteiger partial charge in [-0.25, -0.2) is 4.68 Å². The van der Waals surface area contributed by atoms with E-state index < -0.39 is 0 Å². The number of likely N-dealkylation sites (tertiary alicyclic amines) is 1. The summed E-state index contributed by atoms with van der Waals surface area (Å²) in [5, 5.41) is 7.45. The van der Waals surface area contributed by atoms with E-state index in [0.717, 1.165) is 25.2 Å². The van der Waals surface area contributed by atoms with Gasteiger partial charge >= 0.3 is 0 Å². The zero-order valence-electron chi connectivity index (χ0n) is 12.9. The molecular weight excluding hydrogens is 332 g/mol. The molecule has 1 saturated heterocycles. The van der Waals surface area contributed by atoms with Gasteiger partial charge in [-0.2, -0.15) is 5.10 Å². The van der Waals surface area contributed by atoms with E-state index in [1.165, 1.54) is 30.5 Å². The topological polar surface area (TPSA) is 50.2 Å².